The molecule has 8 heteroatoms. The number of nitrogens with zero attached hydrogens (tertiary/aromatic N) is 1. The standard InChI is InChI=1S/C14H18F3N3O2/c1-8(7-18)20(3)13(22)10-4-11(14(15,16)17)6-12(5-10)19-9(2)21/h4-6,8H,7,18H2,1-3H3,(H,19,21). The van der Waals surface area contributed by atoms with E-state index in [0.717, 1.165) is 12.1 Å². The third-order valence-corrected chi connectivity index (χ3v) is 3.15. The van der Waals surface area contributed by atoms with Crippen LogP contribution in [0.25, 0.3) is 0 Å². The van der Waals surface area contributed by atoms with Crippen molar-refractivity contribution in [1.82, 2.24) is 4.90 Å². The Morgan fingerprint density at radius 2 is 1.91 bits per heavy atom. The van der Waals surface area contributed by atoms with E-state index >= 15 is 0 Å². The zero-order valence-corrected chi connectivity index (χ0v) is 12.5. The van der Waals surface area contributed by atoms with Crippen LogP contribution in [-0.2, 0) is 11.0 Å². The Hall–Kier alpha value is -2.09. The highest BCUT2D eigenvalue weighted by molar-refractivity contribution is 5.97. The summed E-state index contributed by atoms with van der Waals surface area (Å²) in [4.78, 5) is 24.5. The molecule has 0 heterocycles. The van der Waals surface area contributed by atoms with E-state index in [4.69, 9.17) is 5.73 Å². The number of amides is 2. The summed E-state index contributed by atoms with van der Waals surface area (Å²) in [6.07, 6.45) is -4.62. The van der Waals surface area contributed by atoms with E-state index in [1.165, 1.54) is 24.9 Å². The van der Waals surface area contributed by atoms with Gasteiger partial charge in [0.05, 0.1) is 5.56 Å². The Labute approximate surface area is 126 Å². The molecule has 5 nitrogen and oxygen atoms in total. The smallest absolute Gasteiger partial charge is 0.338 e. The summed E-state index contributed by atoms with van der Waals surface area (Å²) >= 11 is 0. The fourth-order valence-corrected chi connectivity index (χ4v) is 1.75. The van der Waals surface area contributed by atoms with E-state index in [0.29, 0.717) is 0 Å². The lowest BCUT2D eigenvalue weighted by atomic mass is 10.1. The van der Waals surface area contributed by atoms with Crippen molar-refractivity contribution in [2.45, 2.75) is 26.1 Å². The predicted octanol–water partition coefficient (Wildman–Crippen LogP) is 2.08. The van der Waals surface area contributed by atoms with Crippen LogP contribution in [-0.4, -0.2) is 36.3 Å². The van der Waals surface area contributed by atoms with Crippen LogP contribution in [0.3, 0.4) is 0 Å². The van der Waals surface area contributed by atoms with Crippen molar-refractivity contribution in [3.63, 3.8) is 0 Å². The van der Waals surface area contributed by atoms with Crippen molar-refractivity contribution in [2.75, 3.05) is 18.9 Å². The number of nitrogens with one attached hydrogen (secondary N) is 1. The van der Waals surface area contributed by atoms with Crippen molar-refractivity contribution in [3.05, 3.63) is 29.3 Å². The van der Waals surface area contributed by atoms with Gasteiger partial charge in [-0.3, -0.25) is 9.59 Å². The quantitative estimate of drug-likeness (QED) is 0.893. The minimum absolute atomic E-state index is 0.0838. The molecule has 1 unspecified atom stereocenters. The lowest BCUT2D eigenvalue weighted by Gasteiger charge is -2.24. The van der Waals surface area contributed by atoms with Crippen LogP contribution in [0.4, 0.5) is 18.9 Å². The molecule has 0 fully saturated rings. The lowest BCUT2D eigenvalue weighted by molar-refractivity contribution is -0.137. The van der Waals surface area contributed by atoms with E-state index < -0.39 is 23.6 Å². The van der Waals surface area contributed by atoms with Gasteiger partial charge in [0.1, 0.15) is 0 Å². The molecule has 122 valence electrons. The summed E-state index contributed by atoms with van der Waals surface area (Å²) in [6.45, 7) is 3.03. The lowest BCUT2D eigenvalue weighted by Crippen LogP contribution is -2.39. The topological polar surface area (TPSA) is 75.4 Å². The Balaban J connectivity index is 3.28. The molecule has 1 rings (SSSR count). The number of hydrogen-bond donors (Lipinski definition) is 2. The minimum Gasteiger partial charge on any atom is -0.338 e. The molecule has 0 aliphatic carbocycles. The molecule has 1 aromatic rings. The normalized spacial score (nSPS) is 12.7. The van der Waals surface area contributed by atoms with E-state index in [2.05, 4.69) is 5.32 Å². The second kappa shape index (κ2) is 6.78. The first-order valence-corrected chi connectivity index (χ1v) is 6.53. The maximum atomic E-state index is 12.9. The zero-order valence-electron chi connectivity index (χ0n) is 12.5. The first-order chi connectivity index (χ1) is 10.1. The number of carbonyl (C=O) groups excluding carboxylic acids is 2. The van der Waals surface area contributed by atoms with Crippen molar-refractivity contribution in [1.29, 1.82) is 0 Å². The van der Waals surface area contributed by atoms with Crippen molar-refractivity contribution >= 4 is 17.5 Å². The number of nitrogens with two attached hydrogens (primary N) is 1. The Morgan fingerprint density at radius 1 is 1.32 bits per heavy atom. The van der Waals surface area contributed by atoms with Crippen molar-refractivity contribution < 1.29 is 22.8 Å². The molecule has 0 spiro atoms. The molecule has 0 saturated heterocycles. The molecule has 2 amide bonds. The van der Waals surface area contributed by atoms with Gasteiger partial charge in [0, 0.05) is 37.8 Å². The average Bonchev–Trinajstić information content (AvgIpc) is 2.42. The number of carbonyl (C=O) groups is 2. The van der Waals surface area contributed by atoms with Crippen LogP contribution in [0.2, 0.25) is 0 Å². The van der Waals surface area contributed by atoms with Gasteiger partial charge in [0.25, 0.3) is 5.91 Å². The van der Waals surface area contributed by atoms with Gasteiger partial charge in [-0.15, -0.1) is 0 Å². The largest absolute Gasteiger partial charge is 0.416 e. The molecule has 0 bridgehead atoms. The Kier molecular flexibility index (Phi) is 5.54. The monoisotopic (exact) mass is 317 g/mol. The van der Waals surface area contributed by atoms with E-state index in [-0.39, 0.29) is 23.8 Å². The predicted molar refractivity (Wildman–Crippen MR) is 76.4 cm³/mol. The van der Waals surface area contributed by atoms with Crippen molar-refractivity contribution in [3.8, 4) is 0 Å². The highest BCUT2D eigenvalue weighted by atomic mass is 19.4. The molecule has 22 heavy (non-hydrogen) atoms. The second-order valence-electron chi connectivity index (χ2n) is 4.98. The molecule has 0 saturated carbocycles. The van der Waals surface area contributed by atoms with E-state index in [9.17, 15) is 22.8 Å². The number of hydrogen-bond acceptors (Lipinski definition) is 3. The summed E-state index contributed by atoms with van der Waals surface area (Å²) in [5.74, 6) is -1.13. The molecule has 1 atom stereocenters. The van der Waals surface area contributed by atoms with Gasteiger partial charge in [-0.25, -0.2) is 0 Å². The van der Waals surface area contributed by atoms with Crippen LogP contribution in [0.5, 0.6) is 0 Å². The highest BCUT2D eigenvalue weighted by Gasteiger charge is 2.32. The van der Waals surface area contributed by atoms with Crippen LogP contribution in [0, 0.1) is 0 Å². The van der Waals surface area contributed by atoms with Crippen LogP contribution >= 0.6 is 0 Å². The fraction of sp³-hybridized carbons (Fsp3) is 0.429. The maximum Gasteiger partial charge on any atom is 0.416 e. The van der Waals surface area contributed by atoms with Gasteiger partial charge >= 0.3 is 6.18 Å². The van der Waals surface area contributed by atoms with Gasteiger partial charge in [-0.2, -0.15) is 13.2 Å². The summed E-state index contributed by atoms with van der Waals surface area (Å²) < 4.78 is 38.8. The molecule has 0 aromatic heterocycles. The summed E-state index contributed by atoms with van der Waals surface area (Å²) in [5, 5.41) is 2.26. The summed E-state index contributed by atoms with van der Waals surface area (Å²) in [6, 6.07) is 2.42. The van der Waals surface area contributed by atoms with Crippen LogP contribution in [0.15, 0.2) is 18.2 Å². The number of likely N-dealkylation sites (N-methyl/N-ethyl adjacent to an activating group) is 1. The molecular weight excluding hydrogens is 299 g/mol. The number of alkyl halides is 3. The number of halogens is 3. The van der Waals surface area contributed by atoms with Gasteiger partial charge in [-0.1, -0.05) is 0 Å². The molecule has 0 radical (unpaired) electrons. The molecule has 0 aliphatic heterocycles. The highest BCUT2D eigenvalue weighted by Crippen LogP contribution is 2.32. The number of anilines is 1. The average molecular weight is 317 g/mol. The van der Waals surface area contributed by atoms with Crippen LogP contribution in [0.1, 0.15) is 29.8 Å². The molecule has 0 aliphatic rings. The second-order valence-corrected chi connectivity index (χ2v) is 4.98. The van der Waals surface area contributed by atoms with Gasteiger partial charge in [-0.05, 0) is 25.1 Å². The summed E-state index contributed by atoms with van der Waals surface area (Å²) in [7, 11) is 1.46. The molecular formula is C14H18F3N3O2. The van der Waals surface area contributed by atoms with Crippen molar-refractivity contribution in [2.24, 2.45) is 5.73 Å². The maximum absolute atomic E-state index is 12.9. The number of rotatable bonds is 4. The first-order valence-electron chi connectivity index (χ1n) is 6.53. The zero-order chi connectivity index (χ0) is 17.1. The summed E-state index contributed by atoms with van der Waals surface area (Å²) in [5.41, 5.74) is 4.20. The SMILES string of the molecule is CC(=O)Nc1cc(C(=O)N(C)C(C)CN)cc(C(F)(F)F)c1. The van der Waals surface area contributed by atoms with Gasteiger partial charge in [0.2, 0.25) is 5.91 Å². The third-order valence-electron chi connectivity index (χ3n) is 3.15. The molecule has 1 aromatic carbocycles. The van der Waals surface area contributed by atoms with E-state index in [1.54, 1.807) is 6.92 Å². The minimum atomic E-state index is -4.62. The van der Waals surface area contributed by atoms with Gasteiger partial charge < -0.3 is 16.0 Å². The van der Waals surface area contributed by atoms with Crippen LogP contribution < -0.4 is 11.1 Å². The molecule has 3 N–H and O–H groups in total. The Morgan fingerprint density at radius 3 is 2.36 bits per heavy atom. The fourth-order valence-electron chi connectivity index (χ4n) is 1.75. The Bertz CT molecular complexity index is 573. The van der Waals surface area contributed by atoms with E-state index in [1.807, 2.05) is 0 Å². The van der Waals surface area contributed by atoms with Gasteiger partial charge in [0.15, 0.2) is 0 Å². The first kappa shape index (κ1) is 18.0. The third kappa shape index (κ3) is 4.45. The number of benzene rings is 1.